The Bertz CT molecular complexity index is 750. The molecule has 4 nitrogen and oxygen atoms in total. The first-order valence-corrected chi connectivity index (χ1v) is 8.67. The molecule has 0 saturated carbocycles. The van der Waals surface area contributed by atoms with E-state index >= 15 is 0 Å². The molecule has 1 N–H and O–H groups in total. The van der Waals surface area contributed by atoms with Crippen LogP contribution in [0.1, 0.15) is 36.5 Å². The van der Waals surface area contributed by atoms with Crippen LogP contribution in [0, 0.1) is 31.4 Å². The number of aromatic nitrogens is 2. The first-order valence-electron chi connectivity index (χ1n) is 8.67. The molecule has 0 unspecified atom stereocenters. The zero-order chi connectivity index (χ0) is 18.0. The second-order valence-electron chi connectivity index (χ2n) is 6.79. The Labute approximate surface area is 147 Å². The zero-order valence-electron chi connectivity index (χ0n) is 14.9. The number of hydrogen-bond donors (Lipinski definition) is 1. The van der Waals surface area contributed by atoms with Crippen LogP contribution in [-0.4, -0.2) is 29.6 Å². The van der Waals surface area contributed by atoms with Crippen LogP contribution < -0.4 is 10.2 Å². The minimum Gasteiger partial charge on any atom is -0.371 e. The van der Waals surface area contributed by atoms with Gasteiger partial charge in [-0.15, -0.1) is 0 Å². The van der Waals surface area contributed by atoms with Gasteiger partial charge in [-0.2, -0.15) is 0 Å². The summed E-state index contributed by atoms with van der Waals surface area (Å²) in [7, 11) is 0. The van der Waals surface area contributed by atoms with Crippen molar-refractivity contribution in [2.75, 3.05) is 24.5 Å². The predicted molar refractivity (Wildman–Crippen MR) is 94.6 cm³/mol. The van der Waals surface area contributed by atoms with E-state index in [1.807, 2.05) is 20.0 Å². The topological polar surface area (TPSA) is 41.1 Å². The van der Waals surface area contributed by atoms with Crippen molar-refractivity contribution in [1.82, 2.24) is 15.3 Å². The van der Waals surface area contributed by atoms with E-state index in [0.29, 0.717) is 5.92 Å². The van der Waals surface area contributed by atoms with Gasteiger partial charge in [0.05, 0.1) is 0 Å². The van der Waals surface area contributed by atoms with E-state index in [0.717, 1.165) is 48.8 Å². The maximum absolute atomic E-state index is 13.4. The van der Waals surface area contributed by atoms with Crippen LogP contribution in [-0.2, 0) is 0 Å². The lowest BCUT2D eigenvalue weighted by atomic mass is 10.1. The quantitative estimate of drug-likeness (QED) is 0.899. The van der Waals surface area contributed by atoms with Crippen molar-refractivity contribution in [3.8, 4) is 0 Å². The van der Waals surface area contributed by atoms with Crippen molar-refractivity contribution in [3.05, 3.63) is 53.1 Å². The van der Waals surface area contributed by atoms with Crippen LogP contribution in [0.25, 0.3) is 0 Å². The molecule has 2 heterocycles. The number of hydrogen-bond acceptors (Lipinski definition) is 4. The summed E-state index contributed by atoms with van der Waals surface area (Å²) in [5.74, 6) is -0.332. The fourth-order valence-electron chi connectivity index (χ4n) is 3.39. The van der Waals surface area contributed by atoms with Gasteiger partial charge in [0.25, 0.3) is 0 Å². The van der Waals surface area contributed by atoms with Gasteiger partial charge in [0.2, 0.25) is 0 Å². The number of rotatable bonds is 5. The van der Waals surface area contributed by atoms with Crippen molar-refractivity contribution >= 4 is 5.69 Å². The van der Waals surface area contributed by atoms with Crippen LogP contribution in [0.5, 0.6) is 0 Å². The molecule has 2 atom stereocenters. The molecule has 1 aliphatic rings. The summed E-state index contributed by atoms with van der Waals surface area (Å²) in [5.41, 5.74) is 2.86. The van der Waals surface area contributed by atoms with Crippen LogP contribution in [0.2, 0.25) is 0 Å². The minimum atomic E-state index is -0.800. The lowest BCUT2D eigenvalue weighted by Crippen LogP contribution is -2.29. The van der Waals surface area contributed by atoms with E-state index < -0.39 is 11.6 Å². The second-order valence-corrected chi connectivity index (χ2v) is 6.79. The summed E-state index contributed by atoms with van der Waals surface area (Å²) in [5, 5.41) is 3.55. The van der Waals surface area contributed by atoms with Crippen molar-refractivity contribution in [2.45, 2.75) is 33.2 Å². The van der Waals surface area contributed by atoms with Gasteiger partial charge in [0.15, 0.2) is 11.6 Å². The molecule has 1 fully saturated rings. The third-order valence-electron chi connectivity index (χ3n) is 4.87. The SMILES string of the molecule is Cc1ncc([C@@H](C)NC[C@H]2CCN(c3ccc(F)c(F)c3)C2)c(C)n1. The van der Waals surface area contributed by atoms with E-state index in [2.05, 4.69) is 27.1 Å². The number of nitrogens with zero attached hydrogens (tertiary/aromatic N) is 3. The highest BCUT2D eigenvalue weighted by Gasteiger charge is 2.24. The van der Waals surface area contributed by atoms with Gasteiger partial charge in [0.1, 0.15) is 5.82 Å². The molecule has 3 rings (SSSR count). The van der Waals surface area contributed by atoms with Crippen LogP contribution >= 0.6 is 0 Å². The molecule has 0 amide bonds. The summed E-state index contributed by atoms with van der Waals surface area (Å²) >= 11 is 0. The second kappa shape index (κ2) is 7.44. The molecule has 134 valence electrons. The van der Waals surface area contributed by atoms with E-state index in [1.165, 1.54) is 12.1 Å². The van der Waals surface area contributed by atoms with E-state index in [1.54, 1.807) is 6.07 Å². The molecular formula is C19H24F2N4. The van der Waals surface area contributed by atoms with Gasteiger partial charge in [-0.1, -0.05) is 0 Å². The van der Waals surface area contributed by atoms with Gasteiger partial charge in [-0.25, -0.2) is 18.7 Å². The number of anilines is 1. The zero-order valence-corrected chi connectivity index (χ0v) is 14.9. The Kier molecular flexibility index (Phi) is 5.27. The average molecular weight is 346 g/mol. The standard InChI is InChI=1S/C19H24F2N4/c1-12(17-10-23-14(3)24-13(17)2)22-9-15-6-7-25(11-15)16-4-5-18(20)19(21)8-16/h4-5,8,10,12,15,22H,6-7,9,11H2,1-3H3/t12-,15-/m1/s1. The number of aryl methyl sites for hydroxylation is 2. The molecular weight excluding hydrogens is 322 g/mol. The van der Waals surface area contributed by atoms with Crippen molar-refractivity contribution in [1.29, 1.82) is 0 Å². The van der Waals surface area contributed by atoms with Crippen LogP contribution in [0.15, 0.2) is 24.4 Å². The highest BCUT2D eigenvalue weighted by Crippen LogP contribution is 2.25. The molecule has 1 aliphatic heterocycles. The fourth-order valence-corrected chi connectivity index (χ4v) is 3.39. The smallest absolute Gasteiger partial charge is 0.160 e. The number of halogens is 2. The lowest BCUT2D eigenvalue weighted by molar-refractivity contribution is 0.470. The molecule has 0 radical (unpaired) electrons. The van der Waals surface area contributed by atoms with Gasteiger partial charge in [-0.3, -0.25) is 0 Å². The summed E-state index contributed by atoms with van der Waals surface area (Å²) in [4.78, 5) is 10.8. The summed E-state index contributed by atoms with van der Waals surface area (Å²) in [6.07, 6.45) is 2.92. The molecule has 1 aromatic carbocycles. The summed E-state index contributed by atoms with van der Waals surface area (Å²) in [6, 6.07) is 4.29. The number of nitrogens with one attached hydrogen (secondary N) is 1. The first-order chi connectivity index (χ1) is 11.9. The van der Waals surface area contributed by atoms with Crippen LogP contribution in [0.4, 0.5) is 14.5 Å². The van der Waals surface area contributed by atoms with E-state index in [4.69, 9.17) is 0 Å². The fraction of sp³-hybridized carbons (Fsp3) is 0.474. The Morgan fingerprint density at radius 3 is 2.80 bits per heavy atom. The number of benzene rings is 1. The molecule has 0 bridgehead atoms. The normalized spacial score (nSPS) is 18.6. The van der Waals surface area contributed by atoms with Gasteiger partial charge >= 0.3 is 0 Å². The van der Waals surface area contributed by atoms with Crippen molar-refractivity contribution in [3.63, 3.8) is 0 Å². The van der Waals surface area contributed by atoms with E-state index in [-0.39, 0.29) is 6.04 Å². The highest BCUT2D eigenvalue weighted by atomic mass is 19.2. The maximum Gasteiger partial charge on any atom is 0.160 e. The van der Waals surface area contributed by atoms with Crippen molar-refractivity contribution in [2.24, 2.45) is 5.92 Å². The molecule has 0 spiro atoms. The first kappa shape index (κ1) is 17.7. The molecule has 1 saturated heterocycles. The van der Waals surface area contributed by atoms with Gasteiger partial charge in [0, 0.05) is 54.9 Å². The lowest BCUT2D eigenvalue weighted by Gasteiger charge is -2.21. The maximum atomic E-state index is 13.4. The third kappa shape index (κ3) is 4.12. The molecule has 6 heteroatoms. The third-order valence-corrected chi connectivity index (χ3v) is 4.87. The molecule has 25 heavy (non-hydrogen) atoms. The summed E-state index contributed by atoms with van der Waals surface area (Å²) in [6.45, 7) is 8.58. The average Bonchev–Trinajstić information content (AvgIpc) is 3.04. The van der Waals surface area contributed by atoms with Crippen LogP contribution in [0.3, 0.4) is 0 Å². The Hall–Kier alpha value is -2.08. The molecule has 2 aromatic rings. The highest BCUT2D eigenvalue weighted by molar-refractivity contribution is 5.47. The van der Waals surface area contributed by atoms with Gasteiger partial charge < -0.3 is 10.2 Å². The predicted octanol–water partition coefficient (Wildman–Crippen LogP) is 3.55. The van der Waals surface area contributed by atoms with E-state index in [9.17, 15) is 8.78 Å². The van der Waals surface area contributed by atoms with Crippen molar-refractivity contribution < 1.29 is 8.78 Å². The molecule has 0 aliphatic carbocycles. The molecule has 1 aromatic heterocycles. The Morgan fingerprint density at radius 1 is 1.28 bits per heavy atom. The minimum absolute atomic E-state index is 0.179. The summed E-state index contributed by atoms with van der Waals surface area (Å²) < 4.78 is 26.5. The largest absolute Gasteiger partial charge is 0.371 e. The monoisotopic (exact) mass is 346 g/mol. The Morgan fingerprint density at radius 2 is 2.08 bits per heavy atom. The van der Waals surface area contributed by atoms with Gasteiger partial charge in [-0.05, 0) is 45.2 Å². The Balaban J connectivity index is 1.55.